The molecule has 58 heavy (non-hydrogen) atoms. The largest absolute Gasteiger partial charge is 0.256 e. The molecule has 2 aliphatic carbocycles. The Morgan fingerprint density at radius 3 is 1.57 bits per heavy atom. The molecular formula is C55H39N3. The van der Waals surface area contributed by atoms with Gasteiger partial charge in [-0.25, -0.2) is 9.97 Å². The molecule has 7 aromatic carbocycles. The van der Waals surface area contributed by atoms with Crippen LogP contribution in [-0.4, -0.2) is 15.0 Å². The van der Waals surface area contributed by atoms with E-state index in [0.29, 0.717) is 5.82 Å². The van der Waals surface area contributed by atoms with E-state index in [4.69, 9.17) is 9.97 Å². The van der Waals surface area contributed by atoms with Crippen molar-refractivity contribution in [1.82, 2.24) is 15.0 Å². The summed E-state index contributed by atoms with van der Waals surface area (Å²) in [4.78, 5) is 15.2. The van der Waals surface area contributed by atoms with Crippen molar-refractivity contribution in [1.29, 1.82) is 0 Å². The molecule has 9 aromatic rings. The Kier molecular flexibility index (Phi) is 7.74. The molecule has 2 aromatic heterocycles. The molecule has 0 radical (unpaired) electrons. The fourth-order valence-corrected chi connectivity index (χ4v) is 9.98. The molecule has 0 saturated carbocycles. The number of hydrogen-bond acceptors (Lipinski definition) is 3. The highest BCUT2D eigenvalue weighted by atomic mass is 14.9. The average Bonchev–Trinajstić information content (AvgIpc) is 3.59. The third-order valence-corrected chi connectivity index (χ3v) is 12.4. The van der Waals surface area contributed by atoms with Gasteiger partial charge < -0.3 is 0 Å². The first-order chi connectivity index (χ1) is 28.5. The van der Waals surface area contributed by atoms with Gasteiger partial charge in [-0.1, -0.05) is 184 Å². The van der Waals surface area contributed by atoms with Crippen LogP contribution in [0.1, 0.15) is 47.2 Å². The fourth-order valence-electron chi connectivity index (χ4n) is 9.98. The molecule has 2 heterocycles. The molecule has 3 heteroatoms. The first kappa shape index (κ1) is 34.1. The van der Waals surface area contributed by atoms with Crippen molar-refractivity contribution in [3.8, 4) is 67.4 Å². The number of aromatic nitrogens is 3. The van der Waals surface area contributed by atoms with Crippen molar-refractivity contribution in [2.75, 3.05) is 0 Å². The highest BCUT2D eigenvalue weighted by Gasteiger charge is 2.53. The minimum Gasteiger partial charge on any atom is -0.256 e. The van der Waals surface area contributed by atoms with Gasteiger partial charge in [0.2, 0.25) is 0 Å². The molecule has 0 fully saturated rings. The van der Waals surface area contributed by atoms with Gasteiger partial charge >= 0.3 is 0 Å². The maximum absolute atomic E-state index is 5.36. The van der Waals surface area contributed by atoms with Crippen LogP contribution in [0.4, 0.5) is 0 Å². The van der Waals surface area contributed by atoms with E-state index in [1.165, 1.54) is 50.1 Å². The van der Waals surface area contributed by atoms with E-state index >= 15 is 0 Å². The molecule has 0 unspecified atom stereocenters. The van der Waals surface area contributed by atoms with Crippen LogP contribution in [0, 0.1) is 0 Å². The van der Waals surface area contributed by atoms with Gasteiger partial charge in [-0.15, -0.1) is 0 Å². The van der Waals surface area contributed by atoms with Crippen LogP contribution in [0.2, 0.25) is 0 Å². The van der Waals surface area contributed by atoms with E-state index in [1.807, 2.05) is 42.6 Å². The molecule has 11 rings (SSSR count). The Hall–Kier alpha value is -7.23. The number of rotatable bonds is 5. The molecule has 0 atom stereocenters. The second-order valence-electron chi connectivity index (χ2n) is 15.9. The molecule has 1 spiro atoms. The summed E-state index contributed by atoms with van der Waals surface area (Å²) < 4.78 is 0. The van der Waals surface area contributed by atoms with E-state index in [2.05, 4.69) is 177 Å². The molecule has 0 saturated heterocycles. The van der Waals surface area contributed by atoms with Crippen molar-refractivity contribution < 1.29 is 0 Å². The number of benzene rings is 7. The highest BCUT2D eigenvalue weighted by Crippen LogP contribution is 2.63. The SMILES string of the molecule is CC1(C)c2ccccc2C2(c3ccccc3-c3ccccc32)c2cccc(-c3ccccc3-c3cc(-c4cccc(-c5ccccn5)c4)nc(-c4ccccc4)n3)c21. The molecule has 274 valence electrons. The second kappa shape index (κ2) is 13.2. The van der Waals surface area contributed by atoms with E-state index in [0.717, 1.165) is 44.9 Å². The van der Waals surface area contributed by atoms with Crippen molar-refractivity contribution >= 4 is 0 Å². The predicted molar refractivity (Wildman–Crippen MR) is 236 cm³/mol. The Morgan fingerprint density at radius 1 is 0.345 bits per heavy atom. The minimum atomic E-state index is -0.471. The van der Waals surface area contributed by atoms with Gasteiger partial charge in [0, 0.05) is 33.9 Å². The molecule has 0 bridgehead atoms. The van der Waals surface area contributed by atoms with Crippen molar-refractivity contribution in [2.45, 2.75) is 24.7 Å². The summed E-state index contributed by atoms with van der Waals surface area (Å²) >= 11 is 0. The lowest BCUT2D eigenvalue weighted by Gasteiger charge is -2.47. The minimum absolute atomic E-state index is 0.314. The van der Waals surface area contributed by atoms with E-state index in [-0.39, 0.29) is 5.41 Å². The van der Waals surface area contributed by atoms with Gasteiger partial charge in [0.1, 0.15) is 0 Å². The lowest BCUT2D eigenvalue weighted by Crippen LogP contribution is -2.41. The summed E-state index contributed by atoms with van der Waals surface area (Å²) in [5.74, 6) is 0.689. The first-order valence-corrected chi connectivity index (χ1v) is 20.0. The van der Waals surface area contributed by atoms with Gasteiger partial charge in [0.15, 0.2) is 5.82 Å². The van der Waals surface area contributed by atoms with Crippen LogP contribution in [0.15, 0.2) is 200 Å². The van der Waals surface area contributed by atoms with E-state index < -0.39 is 5.41 Å². The normalized spacial score (nSPS) is 14.0. The van der Waals surface area contributed by atoms with Gasteiger partial charge in [-0.2, -0.15) is 0 Å². The van der Waals surface area contributed by atoms with Crippen LogP contribution in [0.3, 0.4) is 0 Å². The smallest absolute Gasteiger partial charge is 0.160 e. The number of fused-ring (bicyclic) bond motifs is 9. The lowest BCUT2D eigenvalue weighted by atomic mass is 9.54. The van der Waals surface area contributed by atoms with E-state index in [9.17, 15) is 0 Å². The summed E-state index contributed by atoms with van der Waals surface area (Å²) in [5.41, 5.74) is 19.0. The van der Waals surface area contributed by atoms with Crippen molar-refractivity contribution in [3.05, 3.63) is 234 Å². The Balaban J connectivity index is 1.17. The Bertz CT molecular complexity index is 2990. The van der Waals surface area contributed by atoms with Gasteiger partial charge in [0.05, 0.1) is 22.5 Å². The fraction of sp³-hybridized carbons (Fsp3) is 0.0727. The average molecular weight is 742 g/mol. The number of nitrogens with zero attached hydrogens (tertiary/aromatic N) is 3. The zero-order valence-electron chi connectivity index (χ0n) is 32.4. The topological polar surface area (TPSA) is 38.7 Å². The predicted octanol–water partition coefficient (Wildman–Crippen LogP) is 13.2. The second-order valence-corrected chi connectivity index (χ2v) is 15.9. The van der Waals surface area contributed by atoms with Gasteiger partial charge in [0.25, 0.3) is 0 Å². The molecule has 0 amide bonds. The molecule has 0 aliphatic heterocycles. The maximum Gasteiger partial charge on any atom is 0.160 e. The maximum atomic E-state index is 5.36. The molecule has 3 nitrogen and oxygen atoms in total. The monoisotopic (exact) mass is 741 g/mol. The van der Waals surface area contributed by atoms with Gasteiger partial charge in [-0.3, -0.25) is 4.98 Å². The third-order valence-electron chi connectivity index (χ3n) is 12.4. The van der Waals surface area contributed by atoms with Crippen LogP contribution in [0.5, 0.6) is 0 Å². The standard InChI is InChI=1S/C55H39N3/c1-54(2)46-29-12-13-30-47(46)55(44-27-10-8-23-40(44)41-24-9-11-28-45(41)55)48-31-17-26-43(52(48)54)39-22-6-7-25-42(39)51-35-50(57-53(58-51)36-18-4-3-5-19-36)38-21-16-20-37(34-38)49-32-14-15-33-56-49/h3-35H,1-2H3. The summed E-state index contributed by atoms with van der Waals surface area (Å²) in [7, 11) is 0. The Labute approximate surface area is 339 Å². The molecule has 0 N–H and O–H groups in total. The summed E-state index contributed by atoms with van der Waals surface area (Å²) in [6, 6.07) is 70.0. The molecular weight excluding hydrogens is 703 g/mol. The summed E-state index contributed by atoms with van der Waals surface area (Å²) in [5, 5.41) is 0. The van der Waals surface area contributed by atoms with Crippen LogP contribution < -0.4 is 0 Å². The van der Waals surface area contributed by atoms with E-state index in [1.54, 1.807) is 0 Å². The van der Waals surface area contributed by atoms with Gasteiger partial charge in [-0.05, 0) is 79.9 Å². The lowest BCUT2D eigenvalue weighted by molar-refractivity contribution is 0.565. The third kappa shape index (κ3) is 5.03. The van der Waals surface area contributed by atoms with Crippen molar-refractivity contribution in [2.24, 2.45) is 0 Å². The van der Waals surface area contributed by atoms with Crippen LogP contribution in [-0.2, 0) is 10.8 Å². The highest BCUT2D eigenvalue weighted by molar-refractivity contribution is 5.92. The zero-order valence-corrected chi connectivity index (χ0v) is 32.4. The van der Waals surface area contributed by atoms with Crippen LogP contribution >= 0.6 is 0 Å². The first-order valence-electron chi connectivity index (χ1n) is 20.0. The zero-order chi connectivity index (χ0) is 38.8. The summed E-state index contributed by atoms with van der Waals surface area (Å²) in [6.07, 6.45) is 1.84. The van der Waals surface area contributed by atoms with Crippen LogP contribution in [0.25, 0.3) is 67.4 Å². The number of pyridine rings is 1. The molecule has 2 aliphatic rings. The Morgan fingerprint density at radius 2 is 0.862 bits per heavy atom. The van der Waals surface area contributed by atoms with Crippen molar-refractivity contribution in [3.63, 3.8) is 0 Å². The quantitative estimate of drug-likeness (QED) is 0.176. The number of hydrogen-bond donors (Lipinski definition) is 0. The summed E-state index contributed by atoms with van der Waals surface area (Å²) in [6.45, 7) is 4.81.